The Morgan fingerprint density at radius 3 is 2.96 bits per heavy atom. The summed E-state index contributed by atoms with van der Waals surface area (Å²) >= 11 is 0. The first-order valence-electron chi connectivity index (χ1n) is 7.02. The van der Waals surface area contributed by atoms with Gasteiger partial charge >= 0.3 is 0 Å². The Morgan fingerprint density at radius 1 is 1.35 bits per heavy atom. The molecule has 0 amide bonds. The maximum atomic E-state index is 11.1. The van der Waals surface area contributed by atoms with E-state index in [4.69, 9.17) is 5.26 Å². The molecule has 0 saturated carbocycles. The second-order valence-electron chi connectivity index (χ2n) is 4.98. The largest absolute Gasteiger partial charge is 0.379 e. The van der Waals surface area contributed by atoms with Crippen LogP contribution in [0.4, 0.5) is 11.4 Å². The number of hydrogen-bond donors (Lipinski definition) is 1. The third kappa shape index (κ3) is 3.11. The van der Waals surface area contributed by atoms with Gasteiger partial charge in [0.05, 0.1) is 22.2 Å². The highest BCUT2D eigenvalue weighted by Gasteiger charge is 2.14. The first-order chi connectivity index (χ1) is 11.2. The molecule has 3 rings (SSSR count). The van der Waals surface area contributed by atoms with Crippen molar-refractivity contribution in [1.29, 1.82) is 5.26 Å². The summed E-state index contributed by atoms with van der Waals surface area (Å²) in [6.07, 6.45) is 4.49. The van der Waals surface area contributed by atoms with Crippen LogP contribution in [0.1, 0.15) is 11.3 Å². The monoisotopic (exact) mass is 307 g/mol. The molecule has 114 valence electrons. The smallest absolute Gasteiger partial charge is 0.293 e. The number of fused-ring (bicyclic) bond motifs is 1. The number of imidazole rings is 1. The fourth-order valence-corrected chi connectivity index (χ4v) is 2.33. The highest BCUT2D eigenvalue weighted by molar-refractivity contribution is 5.64. The Balaban J connectivity index is 1.71. The molecule has 0 atom stereocenters. The zero-order chi connectivity index (χ0) is 16.2. The maximum absolute atomic E-state index is 11.1. The van der Waals surface area contributed by atoms with E-state index in [1.54, 1.807) is 12.1 Å². The van der Waals surface area contributed by atoms with Crippen molar-refractivity contribution < 1.29 is 4.92 Å². The van der Waals surface area contributed by atoms with Crippen LogP contribution in [0.2, 0.25) is 0 Å². The fourth-order valence-electron chi connectivity index (χ4n) is 2.33. The average molecular weight is 307 g/mol. The van der Waals surface area contributed by atoms with E-state index in [0.29, 0.717) is 18.7 Å². The predicted molar refractivity (Wildman–Crippen MR) is 85.2 cm³/mol. The number of nitrogens with zero attached hydrogens (tertiary/aromatic N) is 4. The number of rotatable bonds is 5. The molecular weight excluding hydrogens is 294 g/mol. The summed E-state index contributed by atoms with van der Waals surface area (Å²) in [7, 11) is 0. The molecule has 0 radical (unpaired) electrons. The number of hydrogen-bond acceptors (Lipinski definition) is 5. The van der Waals surface area contributed by atoms with Gasteiger partial charge in [-0.15, -0.1) is 0 Å². The van der Waals surface area contributed by atoms with Gasteiger partial charge in [0, 0.05) is 31.4 Å². The molecule has 3 aromatic rings. The van der Waals surface area contributed by atoms with Gasteiger partial charge in [-0.2, -0.15) is 5.26 Å². The van der Waals surface area contributed by atoms with E-state index >= 15 is 0 Å². The Hall–Kier alpha value is -3.40. The molecule has 0 spiro atoms. The summed E-state index contributed by atoms with van der Waals surface area (Å²) < 4.78 is 1.93. The minimum Gasteiger partial charge on any atom is -0.379 e. The lowest BCUT2D eigenvalue weighted by Gasteiger charge is -2.06. The molecule has 1 aromatic carbocycles. The molecule has 7 nitrogen and oxygen atoms in total. The normalized spacial score (nSPS) is 10.4. The van der Waals surface area contributed by atoms with E-state index in [1.165, 1.54) is 6.07 Å². The molecule has 2 heterocycles. The third-order valence-electron chi connectivity index (χ3n) is 3.43. The Labute approximate surface area is 132 Å². The lowest BCUT2D eigenvalue weighted by Crippen LogP contribution is -2.07. The van der Waals surface area contributed by atoms with Crippen LogP contribution in [0.25, 0.3) is 5.65 Å². The minimum atomic E-state index is -0.492. The molecule has 0 unspecified atom stereocenters. The van der Waals surface area contributed by atoms with Gasteiger partial charge in [0.25, 0.3) is 5.69 Å². The number of anilines is 1. The number of aromatic nitrogens is 2. The molecule has 0 aliphatic heterocycles. The number of pyridine rings is 1. The standard InChI is InChI=1S/C16H13N5O2/c17-10-12-4-5-14(15(9-12)21(22)23)18-7-6-13-11-20-8-2-1-3-16(20)19-13/h1-5,8-9,11,18H,6-7H2. The number of benzene rings is 1. The molecule has 0 fully saturated rings. The highest BCUT2D eigenvalue weighted by atomic mass is 16.6. The summed E-state index contributed by atoms with van der Waals surface area (Å²) in [4.78, 5) is 15.1. The van der Waals surface area contributed by atoms with Gasteiger partial charge in [-0.25, -0.2) is 4.98 Å². The number of nitro groups is 1. The highest BCUT2D eigenvalue weighted by Crippen LogP contribution is 2.25. The van der Waals surface area contributed by atoms with Crippen molar-refractivity contribution in [2.75, 3.05) is 11.9 Å². The van der Waals surface area contributed by atoms with Crippen molar-refractivity contribution in [2.45, 2.75) is 6.42 Å². The van der Waals surface area contributed by atoms with Gasteiger partial charge in [0.1, 0.15) is 11.3 Å². The van der Waals surface area contributed by atoms with E-state index < -0.39 is 4.92 Å². The summed E-state index contributed by atoms with van der Waals surface area (Å²) in [5, 5.41) is 22.9. The second-order valence-corrected chi connectivity index (χ2v) is 4.98. The fraction of sp³-hybridized carbons (Fsp3) is 0.125. The van der Waals surface area contributed by atoms with Gasteiger partial charge in [0.2, 0.25) is 0 Å². The Bertz CT molecular complexity index is 877. The van der Waals surface area contributed by atoms with Crippen LogP contribution in [-0.4, -0.2) is 20.9 Å². The molecule has 23 heavy (non-hydrogen) atoms. The van der Waals surface area contributed by atoms with E-state index in [9.17, 15) is 10.1 Å². The summed E-state index contributed by atoms with van der Waals surface area (Å²) in [6.45, 7) is 0.511. The predicted octanol–water partition coefficient (Wildman–Crippen LogP) is 2.77. The van der Waals surface area contributed by atoms with Crippen LogP contribution in [0.15, 0.2) is 48.8 Å². The van der Waals surface area contributed by atoms with E-state index in [0.717, 1.165) is 11.3 Å². The SMILES string of the molecule is N#Cc1ccc(NCCc2cn3ccccc3n2)c([N+](=O)[O-])c1. The van der Waals surface area contributed by atoms with Gasteiger partial charge in [0.15, 0.2) is 0 Å². The van der Waals surface area contributed by atoms with E-state index in [2.05, 4.69) is 10.3 Å². The van der Waals surface area contributed by atoms with Gasteiger partial charge in [-0.3, -0.25) is 10.1 Å². The van der Waals surface area contributed by atoms with E-state index in [1.807, 2.05) is 41.1 Å². The van der Waals surface area contributed by atoms with Crippen molar-refractivity contribution in [1.82, 2.24) is 9.38 Å². The first-order valence-corrected chi connectivity index (χ1v) is 7.02. The second kappa shape index (κ2) is 6.15. The van der Waals surface area contributed by atoms with Crippen molar-refractivity contribution in [3.63, 3.8) is 0 Å². The number of nitrogens with one attached hydrogen (secondary N) is 1. The molecule has 0 aliphatic carbocycles. The zero-order valence-corrected chi connectivity index (χ0v) is 12.1. The minimum absolute atomic E-state index is 0.0981. The molecule has 7 heteroatoms. The molecule has 0 saturated heterocycles. The summed E-state index contributed by atoms with van der Waals surface area (Å²) in [5.41, 5.74) is 2.34. The summed E-state index contributed by atoms with van der Waals surface area (Å²) in [5.74, 6) is 0. The van der Waals surface area contributed by atoms with Crippen molar-refractivity contribution in [3.8, 4) is 6.07 Å². The Kier molecular flexibility index (Phi) is 3.89. The maximum Gasteiger partial charge on any atom is 0.293 e. The summed E-state index contributed by atoms with van der Waals surface area (Å²) in [6, 6.07) is 12.1. The van der Waals surface area contributed by atoms with E-state index in [-0.39, 0.29) is 11.3 Å². The molecule has 0 bridgehead atoms. The zero-order valence-electron chi connectivity index (χ0n) is 12.1. The lowest BCUT2D eigenvalue weighted by atomic mass is 10.2. The van der Waals surface area contributed by atoms with Crippen LogP contribution in [0, 0.1) is 21.4 Å². The van der Waals surface area contributed by atoms with Gasteiger partial charge < -0.3 is 9.72 Å². The van der Waals surface area contributed by atoms with Crippen LogP contribution in [-0.2, 0) is 6.42 Å². The lowest BCUT2D eigenvalue weighted by molar-refractivity contribution is -0.384. The quantitative estimate of drug-likeness (QED) is 0.577. The van der Waals surface area contributed by atoms with Crippen molar-refractivity contribution >= 4 is 17.0 Å². The Morgan fingerprint density at radius 2 is 2.22 bits per heavy atom. The number of nitriles is 1. The van der Waals surface area contributed by atoms with Crippen molar-refractivity contribution in [2.24, 2.45) is 0 Å². The van der Waals surface area contributed by atoms with Gasteiger partial charge in [-0.1, -0.05) is 6.07 Å². The van der Waals surface area contributed by atoms with Crippen LogP contribution >= 0.6 is 0 Å². The third-order valence-corrected chi connectivity index (χ3v) is 3.43. The topological polar surface area (TPSA) is 96.3 Å². The molecule has 0 aliphatic rings. The van der Waals surface area contributed by atoms with Gasteiger partial charge in [-0.05, 0) is 24.3 Å². The van der Waals surface area contributed by atoms with Crippen LogP contribution in [0.5, 0.6) is 0 Å². The molecule has 2 aromatic heterocycles. The first kappa shape index (κ1) is 14.5. The molecule has 1 N–H and O–H groups in total. The average Bonchev–Trinajstić information content (AvgIpc) is 2.97. The molecular formula is C16H13N5O2. The van der Waals surface area contributed by atoms with Crippen LogP contribution in [0.3, 0.4) is 0 Å². The van der Waals surface area contributed by atoms with Crippen molar-refractivity contribution in [3.05, 3.63) is 70.2 Å². The number of nitro benzene ring substituents is 1. The van der Waals surface area contributed by atoms with Crippen LogP contribution < -0.4 is 5.32 Å².